The van der Waals surface area contributed by atoms with Crippen LogP contribution in [0.25, 0.3) is 39.0 Å². The number of aromatic amines is 1. The Labute approximate surface area is 213 Å². The second-order valence-electron chi connectivity index (χ2n) is 8.67. The number of rotatable bonds is 6. The second kappa shape index (κ2) is 9.32. The van der Waals surface area contributed by atoms with Gasteiger partial charge in [-0.1, -0.05) is 11.3 Å². The van der Waals surface area contributed by atoms with E-state index in [1.165, 1.54) is 12.1 Å². The third-order valence-electron chi connectivity index (χ3n) is 6.02. The summed E-state index contributed by atoms with van der Waals surface area (Å²) in [5, 5.41) is 20.4. The largest absolute Gasteiger partial charge is 0.326 e. The van der Waals surface area contributed by atoms with E-state index in [4.69, 9.17) is 0 Å². The highest BCUT2D eigenvalue weighted by Crippen LogP contribution is 2.31. The molecule has 6 aromatic rings. The van der Waals surface area contributed by atoms with Crippen molar-refractivity contribution >= 4 is 22.6 Å². The molecule has 188 valence electrons. The summed E-state index contributed by atoms with van der Waals surface area (Å²) < 4.78 is 31.9. The number of benzene rings is 3. The van der Waals surface area contributed by atoms with E-state index in [-0.39, 0.29) is 23.7 Å². The van der Waals surface area contributed by atoms with E-state index in [2.05, 4.69) is 36.0 Å². The number of tetrazole rings is 1. The van der Waals surface area contributed by atoms with Crippen molar-refractivity contribution in [1.29, 1.82) is 0 Å². The molecule has 0 atom stereocenters. The predicted octanol–water partition coefficient (Wildman–Crippen LogP) is 4.07. The number of aryl methyl sites for hydroxylation is 1. The number of nitrogens with one attached hydrogen (secondary N) is 2. The van der Waals surface area contributed by atoms with Gasteiger partial charge in [0.25, 0.3) is 0 Å². The number of amides is 1. The molecule has 0 spiro atoms. The molecule has 0 saturated carbocycles. The van der Waals surface area contributed by atoms with Gasteiger partial charge < -0.3 is 5.32 Å². The SMILES string of the molecule is Cn1cc(-c2ccc3c(c2)ncn3-c2cc(NC(=O)Cc3nn[nH]n3)cc(-c3ccc(F)cc3F)c2)cn1. The summed E-state index contributed by atoms with van der Waals surface area (Å²) in [6.07, 6.45) is 5.25. The number of nitrogens with zero attached hydrogens (tertiary/aromatic N) is 7. The van der Waals surface area contributed by atoms with Gasteiger partial charge in [0.1, 0.15) is 18.0 Å². The van der Waals surface area contributed by atoms with E-state index in [0.717, 1.165) is 28.2 Å². The summed E-state index contributed by atoms with van der Waals surface area (Å²) in [7, 11) is 1.85. The molecule has 0 bridgehead atoms. The van der Waals surface area contributed by atoms with Gasteiger partial charge in [-0.25, -0.2) is 13.8 Å². The normalized spacial score (nSPS) is 11.2. The molecule has 0 aliphatic rings. The van der Waals surface area contributed by atoms with Crippen molar-refractivity contribution in [2.45, 2.75) is 6.42 Å². The molecule has 6 rings (SSSR count). The van der Waals surface area contributed by atoms with Crippen LogP contribution in [0.2, 0.25) is 0 Å². The number of halogens is 2. The zero-order chi connectivity index (χ0) is 26.2. The Morgan fingerprint density at radius 1 is 1.03 bits per heavy atom. The average molecular weight is 511 g/mol. The van der Waals surface area contributed by atoms with Crippen LogP contribution in [0, 0.1) is 11.6 Å². The number of hydrogen-bond acceptors (Lipinski definition) is 6. The number of H-pyrrole nitrogens is 1. The summed E-state index contributed by atoms with van der Waals surface area (Å²) in [4.78, 5) is 17.2. The van der Waals surface area contributed by atoms with Gasteiger partial charge >= 0.3 is 0 Å². The van der Waals surface area contributed by atoms with Crippen LogP contribution in [0.15, 0.2) is 73.3 Å². The molecule has 0 saturated heterocycles. The van der Waals surface area contributed by atoms with Crippen LogP contribution < -0.4 is 5.32 Å². The van der Waals surface area contributed by atoms with Crippen molar-refractivity contribution in [3.63, 3.8) is 0 Å². The van der Waals surface area contributed by atoms with Crippen LogP contribution in [-0.2, 0) is 18.3 Å². The Morgan fingerprint density at radius 2 is 1.92 bits per heavy atom. The quantitative estimate of drug-likeness (QED) is 0.348. The molecule has 0 aliphatic carbocycles. The number of carbonyl (C=O) groups is 1. The van der Waals surface area contributed by atoms with Crippen molar-refractivity contribution in [2.24, 2.45) is 7.05 Å². The van der Waals surface area contributed by atoms with Gasteiger partial charge in [-0.05, 0) is 53.6 Å². The predicted molar refractivity (Wildman–Crippen MR) is 135 cm³/mol. The molecule has 38 heavy (non-hydrogen) atoms. The lowest BCUT2D eigenvalue weighted by Gasteiger charge is -2.13. The number of carbonyl (C=O) groups excluding carboxylic acids is 1. The van der Waals surface area contributed by atoms with Crippen LogP contribution in [0.5, 0.6) is 0 Å². The lowest BCUT2D eigenvalue weighted by atomic mass is 10.0. The van der Waals surface area contributed by atoms with Gasteiger partial charge in [0, 0.05) is 41.8 Å². The molecule has 0 radical (unpaired) electrons. The van der Waals surface area contributed by atoms with Gasteiger partial charge in [0.15, 0.2) is 5.82 Å². The molecular weight excluding hydrogens is 492 g/mol. The minimum Gasteiger partial charge on any atom is -0.326 e. The summed E-state index contributed by atoms with van der Waals surface area (Å²) in [5.74, 6) is -1.55. The smallest absolute Gasteiger partial charge is 0.232 e. The van der Waals surface area contributed by atoms with E-state index in [1.54, 1.807) is 35.4 Å². The highest BCUT2D eigenvalue weighted by atomic mass is 19.1. The Bertz CT molecular complexity index is 1790. The molecule has 1 amide bonds. The molecule has 0 fully saturated rings. The van der Waals surface area contributed by atoms with Crippen molar-refractivity contribution < 1.29 is 13.6 Å². The van der Waals surface area contributed by atoms with Crippen LogP contribution in [0.3, 0.4) is 0 Å². The highest BCUT2D eigenvalue weighted by molar-refractivity contribution is 5.93. The van der Waals surface area contributed by atoms with E-state index in [0.29, 0.717) is 16.9 Å². The van der Waals surface area contributed by atoms with Crippen LogP contribution in [-0.4, -0.2) is 45.9 Å². The maximum Gasteiger partial charge on any atom is 0.232 e. The topological polar surface area (TPSA) is 119 Å². The summed E-state index contributed by atoms with van der Waals surface area (Å²) in [6.45, 7) is 0. The minimum absolute atomic E-state index is 0.105. The first-order chi connectivity index (χ1) is 18.4. The third-order valence-corrected chi connectivity index (χ3v) is 6.02. The molecule has 10 nitrogen and oxygen atoms in total. The van der Waals surface area contributed by atoms with E-state index >= 15 is 0 Å². The standard InChI is InChI=1S/C26H19F2N9O/c1-36-13-17(12-30-36)15-2-5-24-23(8-15)29-14-37(24)20-7-16(21-4-3-18(27)9-22(21)28)6-19(10-20)31-26(38)11-25-32-34-35-33-25/h2-10,12-14H,11H2,1H3,(H,31,38)(H,32,33,34,35). The lowest BCUT2D eigenvalue weighted by Crippen LogP contribution is -2.15. The summed E-state index contributed by atoms with van der Waals surface area (Å²) in [5.41, 5.74) is 5.14. The fourth-order valence-electron chi connectivity index (χ4n) is 4.28. The Balaban J connectivity index is 1.42. The molecular formula is C26H19F2N9O. The molecule has 12 heteroatoms. The lowest BCUT2D eigenvalue weighted by molar-refractivity contribution is -0.115. The van der Waals surface area contributed by atoms with Gasteiger partial charge in [0.2, 0.25) is 5.91 Å². The van der Waals surface area contributed by atoms with E-state index in [1.807, 2.05) is 36.0 Å². The number of fused-ring (bicyclic) bond motifs is 1. The Morgan fingerprint density at radius 3 is 2.68 bits per heavy atom. The number of imidazole rings is 1. The monoisotopic (exact) mass is 511 g/mol. The zero-order valence-corrected chi connectivity index (χ0v) is 19.9. The van der Waals surface area contributed by atoms with Crippen molar-refractivity contribution in [1.82, 2.24) is 40.0 Å². The first kappa shape index (κ1) is 23.2. The molecule has 3 aromatic carbocycles. The fourth-order valence-corrected chi connectivity index (χ4v) is 4.28. The van der Waals surface area contributed by atoms with Gasteiger partial charge in [-0.3, -0.25) is 14.0 Å². The van der Waals surface area contributed by atoms with Crippen LogP contribution in [0.4, 0.5) is 14.5 Å². The Hall–Kier alpha value is -5.26. The van der Waals surface area contributed by atoms with Gasteiger partial charge in [0.05, 0.1) is 23.7 Å². The average Bonchev–Trinajstić information content (AvgIpc) is 3.64. The second-order valence-corrected chi connectivity index (χ2v) is 8.67. The van der Waals surface area contributed by atoms with E-state index < -0.39 is 11.6 Å². The molecule has 2 N–H and O–H groups in total. The maximum absolute atomic E-state index is 14.7. The maximum atomic E-state index is 14.7. The summed E-state index contributed by atoms with van der Waals surface area (Å²) in [6, 6.07) is 14.3. The molecule has 3 heterocycles. The van der Waals surface area contributed by atoms with Gasteiger partial charge in [-0.15, -0.1) is 10.2 Å². The fraction of sp³-hybridized carbons (Fsp3) is 0.0769. The number of anilines is 1. The van der Waals surface area contributed by atoms with Crippen molar-refractivity contribution in [3.05, 3.63) is 90.8 Å². The molecule has 0 unspecified atom stereocenters. The Kier molecular flexibility index (Phi) is 5.68. The zero-order valence-electron chi connectivity index (χ0n) is 19.9. The minimum atomic E-state index is -0.720. The highest BCUT2D eigenvalue weighted by Gasteiger charge is 2.15. The first-order valence-electron chi connectivity index (χ1n) is 11.5. The van der Waals surface area contributed by atoms with Gasteiger partial charge in [-0.2, -0.15) is 10.3 Å². The number of aromatic nitrogens is 8. The van der Waals surface area contributed by atoms with Crippen molar-refractivity contribution in [3.8, 4) is 27.9 Å². The van der Waals surface area contributed by atoms with Crippen molar-refractivity contribution in [2.75, 3.05) is 5.32 Å². The van der Waals surface area contributed by atoms with Crippen LogP contribution in [0.1, 0.15) is 5.82 Å². The summed E-state index contributed by atoms with van der Waals surface area (Å²) >= 11 is 0. The molecule has 3 aromatic heterocycles. The first-order valence-corrected chi connectivity index (χ1v) is 11.5. The molecule has 0 aliphatic heterocycles. The van der Waals surface area contributed by atoms with Crippen LogP contribution >= 0.6 is 0 Å². The third kappa shape index (κ3) is 4.50. The van der Waals surface area contributed by atoms with E-state index in [9.17, 15) is 13.6 Å². The number of hydrogen-bond donors (Lipinski definition) is 2.